The lowest BCUT2D eigenvalue weighted by molar-refractivity contribution is -0.142. The zero-order chi connectivity index (χ0) is 21.0. The molecule has 2 aliphatic rings. The van der Waals surface area contributed by atoms with Crippen LogP contribution in [-0.4, -0.2) is 33.7 Å². The van der Waals surface area contributed by atoms with Gasteiger partial charge in [0.2, 0.25) is 0 Å². The summed E-state index contributed by atoms with van der Waals surface area (Å²) in [4.78, 5) is 29.0. The lowest BCUT2D eigenvalue weighted by Crippen LogP contribution is -2.47. The zero-order valence-electron chi connectivity index (χ0n) is 17.6. The maximum Gasteiger partial charge on any atom is 0.271 e. The number of carbonyl (C=O) groups excluding carboxylic acids is 2. The fourth-order valence-corrected chi connectivity index (χ4v) is 3.29. The third kappa shape index (κ3) is 4.17. The molecule has 0 saturated carbocycles. The predicted molar refractivity (Wildman–Crippen MR) is 111 cm³/mol. The number of amides is 2. The second kappa shape index (κ2) is 8.88. The Labute approximate surface area is 168 Å². The number of nitriles is 1. The van der Waals surface area contributed by atoms with Crippen LogP contribution in [0, 0.1) is 17.2 Å². The third-order valence-electron chi connectivity index (χ3n) is 5.07. The summed E-state index contributed by atoms with van der Waals surface area (Å²) in [5.41, 5.74) is 1.95. The Kier molecular flexibility index (Phi) is 6.80. The number of hydrogen-bond acceptors (Lipinski definition) is 4. The Hall–Kier alpha value is -2.87. The quantitative estimate of drug-likeness (QED) is 0.529. The SMILES string of the molecule is CCC(C)N1C=CC(=C/C=C2/C(=O)N(C(C)C)C(=O)C(C#N)=C2C(C)C)C=C1. The van der Waals surface area contributed by atoms with Crippen molar-refractivity contribution < 1.29 is 9.59 Å². The highest BCUT2D eigenvalue weighted by Gasteiger charge is 2.39. The summed E-state index contributed by atoms with van der Waals surface area (Å²) in [7, 11) is 0. The van der Waals surface area contributed by atoms with Crippen LogP contribution >= 0.6 is 0 Å². The molecule has 1 unspecified atom stereocenters. The van der Waals surface area contributed by atoms with E-state index < -0.39 is 5.91 Å². The van der Waals surface area contributed by atoms with Crippen LogP contribution < -0.4 is 0 Å². The van der Waals surface area contributed by atoms with Crippen molar-refractivity contribution in [3.63, 3.8) is 0 Å². The number of nitrogens with zero attached hydrogens (tertiary/aromatic N) is 3. The second-order valence-electron chi connectivity index (χ2n) is 7.71. The fraction of sp³-hybridized carbons (Fsp3) is 0.435. The zero-order valence-corrected chi connectivity index (χ0v) is 17.6. The summed E-state index contributed by atoms with van der Waals surface area (Å²) in [6, 6.07) is 2.13. The first-order valence-electron chi connectivity index (χ1n) is 9.81. The van der Waals surface area contributed by atoms with Crippen LogP contribution in [0.25, 0.3) is 0 Å². The monoisotopic (exact) mass is 379 g/mol. The van der Waals surface area contributed by atoms with Crippen LogP contribution in [0.1, 0.15) is 48.0 Å². The minimum atomic E-state index is -0.502. The maximum absolute atomic E-state index is 13.0. The van der Waals surface area contributed by atoms with Crippen molar-refractivity contribution in [1.29, 1.82) is 5.26 Å². The van der Waals surface area contributed by atoms with Crippen LogP contribution in [0.15, 0.2) is 59.0 Å². The van der Waals surface area contributed by atoms with Gasteiger partial charge in [-0.1, -0.05) is 26.8 Å². The lowest BCUT2D eigenvalue weighted by atomic mass is 9.85. The van der Waals surface area contributed by atoms with Gasteiger partial charge in [-0.05, 0) is 62.5 Å². The summed E-state index contributed by atoms with van der Waals surface area (Å²) in [6.45, 7) is 11.6. The van der Waals surface area contributed by atoms with Crippen LogP contribution in [-0.2, 0) is 9.59 Å². The molecule has 0 saturated heterocycles. The Morgan fingerprint density at radius 3 is 2.11 bits per heavy atom. The second-order valence-corrected chi connectivity index (χ2v) is 7.71. The molecule has 2 aliphatic heterocycles. The van der Waals surface area contributed by atoms with Gasteiger partial charge in [0.15, 0.2) is 0 Å². The van der Waals surface area contributed by atoms with E-state index in [-0.39, 0.29) is 23.4 Å². The highest BCUT2D eigenvalue weighted by molar-refractivity contribution is 6.18. The number of rotatable bonds is 5. The van der Waals surface area contributed by atoms with Crippen LogP contribution in [0.5, 0.6) is 0 Å². The van der Waals surface area contributed by atoms with E-state index in [0.29, 0.717) is 17.2 Å². The number of imide groups is 1. The van der Waals surface area contributed by atoms with Crippen molar-refractivity contribution >= 4 is 11.8 Å². The molecule has 0 fully saturated rings. The lowest BCUT2D eigenvalue weighted by Gasteiger charge is -2.32. The molecule has 5 nitrogen and oxygen atoms in total. The Balaban J connectivity index is 2.48. The Morgan fingerprint density at radius 1 is 1.04 bits per heavy atom. The maximum atomic E-state index is 13.0. The molecule has 0 aliphatic carbocycles. The molecular weight excluding hydrogens is 350 g/mol. The molecule has 0 bridgehead atoms. The van der Waals surface area contributed by atoms with E-state index in [2.05, 4.69) is 18.7 Å². The summed E-state index contributed by atoms with van der Waals surface area (Å²) < 4.78 is 0. The van der Waals surface area contributed by atoms with Gasteiger partial charge >= 0.3 is 0 Å². The summed E-state index contributed by atoms with van der Waals surface area (Å²) in [6.07, 6.45) is 12.7. The van der Waals surface area contributed by atoms with Crippen LogP contribution in [0.4, 0.5) is 0 Å². The molecule has 0 radical (unpaired) electrons. The normalized spacial score (nSPS) is 20.0. The molecule has 0 aromatic rings. The first kappa shape index (κ1) is 21.4. The molecule has 2 rings (SSSR count). The molecule has 0 aromatic heterocycles. The van der Waals surface area contributed by atoms with Crippen molar-refractivity contribution in [3.05, 3.63) is 59.0 Å². The van der Waals surface area contributed by atoms with Gasteiger partial charge in [0.1, 0.15) is 11.6 Å². The predicted octanol–water partition coefficient (Wildman–Crippen LogP) is 4.23. The summed E-state index contributed by atoms with van der Waals surface area (Å²) >= 11 is 0. The van der Waals surface area contributed by atoms with Gasteiger partial charge in [-0.2, -0.15) is 5.26 Å². The molecule has 0 aromatic carbocycles. The summed E-state index contributed by atoms with van der Waals surface area (Å²) in [5.74, 6) is -0.956. The minimum Gasteiger partial charge on any atom is -0.352 e. The van der Waals surface area contributed by atoms with Crippen molar-refractivity contribution in [2.75, 3.05) is 0 Å². The van der Waals surface area contributed by atoms with Gasteiger partial charge in [0.25, 0.3) is 11.8 Å². The van der Waals surface area contributed by atoms with Crippen molar-refractivity contribution in [1.82, 2.24) is 9.80 Å². The molecule has 0 N–H and O–H groups in total. The molecule has 2 amide bonds. The molecule has 0 spiro atoms. The first-order valence-corrected chi connectivity index (χ1v) is 9.81. The van der Waals surface area contributed by atoms with Crippen molar-refractivity contribution in [3.8, 4) is 6.07 Å². The fourth-order valence-electron chi connectivity index (χ4n) is 3.29. The molecule has 1 atom stereocenters. The summed E-state index contributed by atoms with van der Waals surface area (Å²) in [5, 5.41) is 9.57. The van der Waals surface area contributed by atoms with Gasteiger partial charge in [-0.25, -0.2) is 0 Å². The molecule has 148 valence electrons. The molecular formula is C23H29N3O2. The van der Waals surface area contributed by atoms with Gasteiger partial charge in [-0.3, -0.25) is 14.5 Å². The first-order chi connectivity index (χ1) is 13.2. The van der Waals surface area contributed by atoms with E-state index in [1.54, 1.807) is 19.9 Å². The van der Waals surface area contributed by atoms with Crippen LogP contribution in [0.2, 0.25) is 0 Å². The largest absolute Gasteiger partial charge is 0.352 e. The average molecular weight is 380 g/mol. The van der Waals surface area contributed by atoms with Crippen LogP contribution in [0.3, 0.4) is 0 Å². The van der Waals surface area contributed by atoms with Gasteiger partial charge in [0, 0.05) is 30.1 Å². The standard InChI is InChI=1S/C23H29N3O2/c1-7-17(6)25-12-10-18(11-13-25)8-9-19-21(15(2)3)20(14-24)23(28)26(16(4)5)22(19)27/h8-13,15-17H,7H2,1-6H3/b19-9+. The van der Waals surface area contributed by atoms with Gasteiger partial charge in [-0.15, -0.1) is 0 Å². The molecule has 5 heteroatoms. The van der Waals surface area contributed by atoms with Crippen molar-refractivity contribution in [2.24, 2.45) is 5.92 Å². The Bertz CT molecular complexity index is 832. The average Bonchev–Trinajstić information content (AvgIpc) is 2.66. The van der Waals surface area contributed by atoms with E-state index in [0.717, 1.165) is 12.0 Å². The van der Waals surface area contributed by atoms with E-state index in [1.165, 1.54) is 4.90 Å². The number of carbonyl (C=O) groups is 2. The third-order valence-corrected chi connectivity index (χ3v) is 5.07. The van der Waals surface area contributed by atoms with E-state index in [9.17, 15) is 14.9 Å². The van der Waals surface area contributed by atoms with Crippen molar-refractivity contribution in [2.45, 2.75) is 60.0 Å². The molecule has 28 heavy (non-hydrogen) atoms. The minimum absolute atomic E-state index is 0.0608. The number of hydrogen-bond donors (Lipinski definition) is 0. The van der Waals surface area contributed by atoms with E-state index in [1.807, 2.05) is 50.5 Å². The molecule has 2 heterocycles. The topological polar surface area (TPSA) is 64.4 Å². The van der Waals surface area contributed by atoms with Gasteiger partial charge in [0.05, 0.1) is 0 Å². The highest BCUT2D eigenvalue weighted by atomic mass is 16.2. The van der Waals surface area contributed by atoms with Gasteiger partial charge < -0.3 is 4.90 Å². The number of allylic oxidation sites excluding steroid dienone is 5. The van der Waals surface area contributed by atoms with E-state index in [4.69, 9.17) is 0 Å². The smallest absolute Gasteiger partial charge is 0.271 e. The van der Waals surface area contributed by atoms with E-state index >= 15 is 0 Å². The Morgan fingerprint density at radius 2 is 1.64 bits per heavy atom. The highest BCUT2D eigenvalue weighted by Crippen LogP contribution is 2.32.